The van der Waals surface area contributed by atoms with E-state index < -0.39 is 95.4 Å². The number of nitrogens with one attached hydrogen (secondary N) is 2. The fourth-order valence-corrected chi connectivity index (χ4v) is 4.60. The van der Waals surface area contributed by atoms with Crippen LogP contribution in [0.1, 0.15) is 55.7 Å². The van der Waals surface area contributed by atoms with Crippen LogP contribution in [0.2, 0.25) is 0 Å². The zero-order valence-electron chi connectivity index (χ0n) is 24.2. The van der Waals surface area contributed by atoms with Gasteiger partial charge in [0.2, 0.25) is 11.7 Å². The number of amides is 2. The van der Waals surface area contributed by atoms with Crippen molar-refractivity contribution in [3.05, 3.63) is 58.7 Å². The fourth-order valence-electron chi connectivity index (χ4n) is 4.60. The van der Waals surface area contributed by atoms with Gasteiger partial charge in [-0.1, -0.05) is 26.0 Å². The Morgan fingerprint density at radius 1 is 1.07 bits per heavy atom. The average molecular weight is 610 g/mol. The molecule has 6 atom stereocenters. The van der Waals surface area contributed by atoms with Crippen LogP contribution in [-0.4, -0.2) is 69.3 Å². The second-order valence-corrected chi connectivity index (χ2v) is 10.9. The summed E-state index contributed by atoms with van der Waals surface area (Å²) in [6.07, 6.45) is -5.27. The molecular formula is C29H34F3N3O8. The molecule has 0 radical (unpaired) electrons. The molecule has 43 heavy (non-hydrogen) atoms. The number of aliphatic hydroxyl groups is 1. The van der Waals surface area contributed by atoms with E-state index in [2.05, 4.69) is 15.6 Å². The van der Waals surface area contributed by atoms with Gasteiger partial charge in [0.15, 0.2) is 11.9 Å². The molecule has 2 aromatic rings. The first-order valence-corrected chi connectivity index (χ1v) is 13.6. The number of rotatable bonds is 6. The molecule has 1 unspecified atom stereocenters. The Labute approximate surface area is 245 Å². The number of pyridine rings is 1. The lowest BCUT2D eigenvalue weighted by Gasteiger charge is -2.33. The van der Waals surface area contributed by atoms with Crippen LogP contribution < -0.4 is 10.6 Å². The third-order valence-corrected chi connectivity index (χ3v) is 7.09. The lowest BCUT2D eigenvalue weighted by atomic mass is 9.91. The van der Waals surface area contributed by atoms with Crippen LogP contribution in [0.4, 0.5) is 13.2 Å². The van der Waals surface area contributed by atoms with Crippen LogP contribution in [0.5, 0.6) is 5.75 Å². The summed E-state index contributed by atoms with van der Waals surface area (Å²) in [6, 6.07) is 2.27. The smallest absolute Gasteiger partial charge is 0.347 e. The highest BCUT2D eigenvalue weighted by molar-refractivity contribution is 6.00. The highest BCUT2D eigenvalue weighted by atomic mass is 19.2. The quantitative estimate of drug-likeness (QED) is 0.284. The standard InChI is InChI=1S/C29H34F3N3O8/c1-12(2)10-20-29(41)42-15(5)23(35-26(38)16-8-6-7-9-19(16)36)27(39)34-18(24(37)13(3)28(40)43-20)11-17-14(4)33-25(32)22(31)21(17)30/h6-9,12-13,15,18,20,23-24,36-37H,10-11H2,1-5H3,(H,34,39)(H,35,38)/t13-,15-,18+,20?,23+,24+/m1/s1. The second kappa shape index (κ2) is 13.8. The van der Waals surface area contributed by atoms with Crippen molar-refractivity contribution in [2.75, 3.05) is 0 Å². The van der Waals surface area contributed by atoms with E-state index in [0.29, 0.717) is 0 Å². The van der Waals surface area contributed by atoms with Crippen LogP contribution in [0, 0.1) is 36.3 Å². The first-order valence-electron chi connectivity index (χ1n) is 13.6. The summed E-state index contributed by atoms with van der Waals surface area (Å²) in [4.78, 5) is 56.0. The van der Waals surface area contributed by atoms with E-state index in [0.717, 1.165) is 0 Å². The molecule has 2 heterocycles. The molecule has 1 aliphatic rings. The van der Waals surface area contributed by atoms with Gasteiger partial charge in [-0.15, -0.1) is 0 Å². The van der Waals surface area contributed by atoms with Crippen molar-refractivity contribution in [3.8, 4) is 5.75 Å². The normalized spacial score (nSPS) is 25.2. The first-order chi connectivity index (χ1) is 20.1. The Kier molecular flexibility index (Phi) is 10.7. The Bertz CT molecular complexity index is 1390. The van der Waals surface area contributed by atoms with Gasteiger partial charge in [-0.2, -0.15) is 8.78 Å². The summed E-state index contributed by atoms with van der Waals surface area (Å²) < 4.78 is 53.4. The van der Waals surface area contributed by atoms with E-state index in [1.165, 1.54) is 45.0 Å². The molecule has 1 fully saturated rings. The number of nitrogens with zero attached hydrogens (tertiary/aromatic N) is 1. The number of phenols is 1. The zero-order valence-corrected chi connectivity index (χ0v) is 24.2. The minimum atomic E-state index is -1.87. The number of phenolic OH excluding ortho intramolecular Hbond substituents is 1. The van der Waals surface area contributed by atoms with Crippen molar-refractivity contribution in [1.82, 2.24) is 15.6 Å². The van der Waals surface area contributed by atoms with Gasteiger partial charge in [0, 0.05) is 11.3 Å². The second-order valence-electron chi connectivity index (χ2n) is 10.9. The van der Waals surface area contributed by atoms with Crippen molar-refractivity contribution in [2.24, 2.45) is 11.8 Å². The molecule has 1 aliphatic heterocycles. The maximum absolute atomic E-state index is 14.8. The van der Waals surface area contributed by atoms with E-state index in [1.54, 1.807) is 13.8 Å². The number of aromatic hydroxyl groups is 1. The number of esters is 2. The van der Waals surface area contributed by atoms with E-state index >= 15 is 0 Å². The maximum atomic E-state index is 14.8. The number of aliphatic hydroxyl groups excluding tert-OH is 1. The van der Waals surface area contributed by atoms with Crippen molar-refractivity contribution in [2.45, 2.75) is 77.9 Å². The van der Waals surface area contributed by atoms with Crippen LogP contribution in [0.25, 0.3) is 0 Å². The number of aromatic nitrogens is 1. The van der Waals surface area contributed by atoms with Crippen molar-refractivity contribution in [1.29, 1.82) is 0 Å². The van der Waals surface area contributed by atoms with Gasteiger partial charge < -0.3 is 30.3 Å². The predicted molar refractivity (Wildman–Crippen MR) is 144 cm³/mol. The van der Waals surface area contributed by atoms with Crippen molar-refractivity contribution in [3.63, 3.8) is 0 Å². The first kappa shape index (κ1) is 33.3. The number of para-hydroxylation sites is 1. The summed E-state index contributed by atoms with van der Waals surface area (Å²) in [5.74, 6) is -11.1. The number of cyclic esters (lactones) is 2. The highest BCUT2D eigenvalue weighted by Crippen LogP contribution is 2.24. The number of halogens is 3. The van der Waals surface area contributed by atoms with E-state index in [9.17, 15) is 42.6 Å². The van der Waals surface area contributed by atoms with E-state index in [-0.39, 0.29) is 23.6 Å². The molecule has 0 aliphatic carbocycles. The molecule has 11 nitrogen and oxygen atoms in total. The van der Waals surface area contributed by atoms with Gasteiger partial charge in [0.05, 0.1) is 23.6 Å². The summed E-state index contributed by atoms with van der Waals surface area (Å²) in [5.41, 5.74) is -0.965. The largest absolute Gasteiger partial charge is 0.507 e. The van der Waals surface area contributed by atoms with Crippen molar-refractivity contribution < 1.29 is 52.0 Å². The summed E-state index contributed by atoms with van der Waals surface area (Å²) in [7, 11) is 0. The SMILES string of the molecule is Cc1nc(F)c(F)c(F)c1C[C@@H]1NC(=O)[C@@H](NC(=O)c2ccccc2O)[C@@H](C)OC(=O)C(CC(C)C)OC(=O)[C@H](C)[C@@H]1O. The number of carbonyl (C=O) groups excluding carboxylic acids is 4. The van der Waals surface area contributed by atoms with Crippen LogP contribution in [-0.2, 0) is 30.3 Å². The van der Waals surface area contributed by atoms with Gasteiger partial charge in [0.25, 0.3) is 11.9 Å². The monoisotopic (exact) mass is 609 g/mol. The van der Waals surface area contributed by atoms with Crippen LogP contribution in [0.15, 0.2) is 24.3 Å². The van der Waals surface area contributed by atoms with E-state index in [4.69, 9.17) is 9.47 Å². The minimum absolute atomic E-state index is 0.0234. The third-order valence-electron chi connectivity index (χ3n) is 7.09. The molecule has 3 rings (SSSR count). The lowest BCUT2D eigenvalue weighted by Crippen LogP contribution is -2.59. The molecule has 1 saturated heterocycles. The number of aryl methyl sites for hydroxylation is 1. The molecule has 1 aromatic carbocycles. The summed E-state index contributed by atoms with van der Waals surface area (Å²) >= 11 is 0. The average Bonchev–Trinajstić information content (AvgIpc) is 2.94. The van der Waals surface area contributed by atoms with Gasteiger partial charge in [0.1, 0.15) is 17.9 Å². The molecule has 0 bridgehead atoms. The van der Waals surface area contributed by atoms with Crippen LogP contribution in [0.3, 0.4) is 0 Å². The number of hydrogen-bond donors (Lipinski definition) is 4. The van der Waals surface area contributed by atoms with Crippen LogP contribution >= 0.6 is 0 Å². The third kappa shape index (κ3) is 7.80. The molecule has 0 spiro atoms. The number of carbonyl (C=O) groups is 4. The molecule has 2 amide bonds. The number of hydrogen-bond acceptors (Lipinski definition) is 9. The number of benzene rings is 1. The molecule has 1 aromatic heterocycles. The predicted octanol–water partition coefficient (Wildman–Crippen LogP) is 2.24. The number of ether oxygens (including phenoxy) is 2. The van der Waals surface area contributed by atoms with E-state index in [1.807, 2.05) is 0 Å². The molecule has 234 valence electrons. The van der Waals surface area contributed by atoms with Gasteiger partial charge >= 0.3 is 11.9 Å². The topological polar surface area (TPSA) is 164 Å². The Hall–Kier alpha value is -4.20. The molecule has 4 N–H and O–H groups in total. The summed E-state index contributed by atoms with van der Waals surface area (Å²) in [5, 5.41) is 26.1. The molecule has 0 saturated carbocycles. The minimum Gasteiger partial charge on any atom is -0.507 e. The Balaban J connectivity index is 2.07. The fraction of sp³-hybridized carbons (Fsp3) is 0.483. The Morgan fingerprint density at radius 3 is 2.35 bits per heavy atom. The lowest BCUT2D eigenvalue weighted by molar-refractivity contribution is -0.178. The van der Waals surface area contributed by atoms with Gasteiger partial charge in [-0.3, -0.25) is 14.4 Å². The van der Waals surface area contributed by atoms with Gasteiger partial charge in [-0.25, -0.2) is 14.2 Å². The van der Waals surface area contributed by atoms with Gasteiger partial charge in [-0.05, 0) is 51.7 Å². The summed E-state index contributed by atoms with van der Waals surface area (Å²) in [6.45, 7) is 7.22. The van der Waals surface area contributed by atoms with Crippen molar-refractivity contribution >= 4 is 23.8 Å². The highest BCUT2D eigenvalue weighted by Gasteiger charge is 2.40. The Morgan fingerprint density at radius 2 is 1.72 bits per heavy atom. The maximum Gasteiger partial charge on any atom is 0.347 e. The molecular weight excluding hydrogens is 575 g/mol. The zero-order chi connectivity index (χ0) is 32.2. The molecule has 14 heteroatoms.